The van der Waals surface area contributed by atoms with Crippen molar-refractivity contribution < 1.29 is 13.2 Å². The lowest BCUT2D eigenvalue weighted by atomic mass is 9.91. The fraction of sp³-hybridized carbons (Fsp3) is 0.267. The molecule has 0 bridgehead atoms. The third-order valence-corrected chi connectivity index (χ3v) is 3.32. The number of halogens is 3. The van der Waals surface area contributed by atoms with Crippen LogP contribution >= 0.6 is 0 Å². The summed E-state index contributed by atoms with van der Waals surface area (Å²) in [4.78, 5) is 4.19. The highest BCUT2D eigenvalue weighted by atomic mass is 19.1. The molecular formula is C15H15F3N2. The van der Waals surface area contributed by atoms with Gasteiger partial charge >= 0.3 is 0 Å². The summed E-state index contributed by atoms with van der Waals surface area (Å²) < 4.78 is 40.8. The minimum atomic E-state index is -0.927. The van der Waals surface area contributed by atoms with E-state index in [1.165, 1.54) is 0 Å². The number of benzene rings is 1. The number of hydrogen-bond donors (Lipinski definition) is 1. The Hall–Kier alpha value is -1.88. The van der Waals surface area contributed by atoms with E-state index in [1.54, 1.807) is 25.4 Å². The van der Waals surface area contributed by atoms with Gasteiger partial charge in [-0.15, -0.1) is 0 Å². The van der Waals surface area contributed by atoms with Crippen molar-refractivity contribution in [3.8, 4) is 0 Å². The van der Waals surface area contributed by atoms with E-state index in [2.05, 4.69) is 10.3 Å². The Morgan fingerprint density at radius 2 is 1.75 bits per heavy atom. The number of hydrogen-bond acceptors (Lipinski definition) is 2. The molecule has 1 N–H and O–H groups in total. The van der Waals surface area contributed by atoms with Gasteiger partial charge in [0.25, 0.3) is 0 Å². The topological polar surface area (TPSA) is 24.9 Å². The molecule has 0 aliphatic carbocycles. The zero-order valence-electron chi connectivity index (χ0n) is 11.2. The molecule has 2 nitrogen and oxygen atoms in total. The maximum Gasteiger partial charge on any atom is 0.133 e. The molecule has 2 aromatic rings. The Labute approximate surface area is 115 Å². The maximum absolute atomic E-state index is 13.9. The zero-order chi connectivity index (χ0) is 14.7. The average Bonchev–Trinajstić information content (AvgIpc) is 2.43. The van der Waals surface area contributed by atoms with E-state index in [-0.39, 0.29) is 11.5 Å². The van der Waals surface area contributed by atoms with E-state index >= 15 is 0 Å². The van der Waals surface area contributed by atoms with Crippen LogP contribution in [0.15, 0.2) is 36.5 Å². The molecule has 2 unspecified atom stereocenters. The summed E-state index contributed by atoms with van der Waals surface area (Å²) in [6.07, 6.45) is 1.62. The van der Waals surface area contributed by atoms with Crippen molar-refractivity contribution in [2.75, 3.05) is 7.05 Å². The molecule has 0 saturated heterocycles. The minimum absolute atomic E-state index is 0.174. The highest BCUT2D eigenvalue weighted by Gasteiger charge is 2.26. The molecule has 106 valence electrons. The van der Waals surface area contributed by atoms with Crippen LogP contribution in [0.4, 0.5) is 13.2 Å². The van der Waals surface area contributed by atoms with E-state index < -0.39 is 23.5 Å². The van der Waals surface area contributed by atoms with Crippen molar-refractivity contribution in [2.24, 2.45) is 0 Å². The van der Waals surface area contributed by atoms with Gasteiger partial charge in [-0.05, 0) is 19.2 Å². The average molecular weight is 280 g/mol. The lowest BCUT2D eigenvalue weighted by Gasteiger charge is -2.24. The van der Waals surface area contributed by atoms with Crippen LogP contribution in [-0.4, -0.2) is 12.0 Å². The fourth-order valence-corrected chi connectivity index (χ4v) is 2.31. The van der Waals surface area contributed by atoms with Crippen molar-refractivity contribution in [3.05, 3.63) is 65.2 Å². The van der Waals surface area contributed by atoms with E-state index in [0.717, 1.165) is 0 Å². The van der Waals surface area contributed by atoms with Crippen molar-refractivity contribution in [1.29, 1.82) is 0 Å². The fourth-order valence-electron chi connectivity index (χ4n) is 2.31. The van der Waals surface area contributed by atoms with E-state index in [9.17, 15) is 13.2 Å². The van der Waals surface area contributed by atoms with E-state index in [1.807, 2.05) is 13.0 Å². The molecule has 0 saturated carbocycles. The molecule has 1 aromatic carbocycles. The van der Waals surface area contributed by atoms with Crippen LogP contribution < -0.4 is 5.32 Å². The first-order valence-electron chi connectivity index (χ1n) is 6.27. The number of rotatable bonds is 4. The molecule has 0 spiro atoms. The highest BCUT2D eigenvalue weighted by Crippen LogP contribution is 2.32. The molecule has 0 amide bonds. The molecule has 20 heavy (non-hydrogen) atoms. The summed E-state index contributed by atoms with van der Waals surface area (Å²) in [6, 6.07) is 6.11. The minimum Gasteiger partial charge on any atom is -0.312 e. The van der Waals surface area contributed by atoms with Crippen molar-refractivity contribution in [2.45, 2.75) is 18.9 Å². The molecule has 0 radical (unpaired) electrons. The molecule has 0 fully saturated rings. The van der Waals surface area contributed by atoms with Gasteiger partial charge in [0.15, 0.2) is 0 Å². The second kappa shape index (κ2) is 6.05. The smallest absolute Gasteiger partial charge is 0.133 e. The standard InChI is InChI=1S/C15H15F3N2/c1-9(13-5-3-4-6-20-13)15(19-2)14-11(17)7-10(16)8-12(14)18/h3-9,15,19H,1-2H3. The monoisotopic (exact) mass is 280 g/mol. The largest absolute Gasteiger partial charge is 0.312 e. The van der Waals surface area contributed by atoms with Crippen molar-refractivity contribution >= 4 is 0 Å². The zero-order valence-corrected chi connectivity index (χ0v) is 11.2. The van der Waals surface area contributed by atoms with Gasteiger partial charge < -0.3 is 5.32 Å². The Morgan fingerprint density at radius 1 is 1.10 bits per heavy atom. The molecule has 2 rings (SSSR count). The van der Waals surface area contributed by atoms with Gasteiger partial charge in [-0.25, -0.2) is 13.2 Å². The van der Waals surface area contributed by atoms with Crippen LogP contribution in [0, 0.1) is 17.5 Å². The number of aromatic nitrogens is 1. The first-order chi connectivity index (χ1) is 9.54. The Balaban J connectivity index is 2.43. The van der Waals surface area contributed by atoms with Crippen LogP contribution in [0.2, 0.25) is 0 Å². The lowest BCUT2D eigenvalue weighted by Crippen LogP contribution is -2.25. The SMILES string of the molecule is CNC(c1c(F)cc(F)cc1F)C(C)c1ccccn1. The summed E-state index contributed by atoms with van der Waals surface area (Å²) in [5.74, 6) is -2.99. The maximum atomic E-state index is 13.9. The molecule has 0 aliphatic rings. The van der Waals surface area contributed by atoms with Crippen LogP contribution in [0.5, 0.6) is 0 Å². The predicted molar refractivity (Wildman–Crippen MR) is 70.8 cm³/mol. The Kier molecular flexibility index (Phi) is 4.39. The molecule has 1 aromatic heterocycles. The van der Waals surface area contributed by atoms with Gasteiger partial charge in [0.1, 0.15) is 17.5 Å². The van der Waals surface area contributed by atoms with Crippen LogP contribution in [-0.2, 0) is 0 Å². The quantitative estimate of drug-likeness (QED) is 0.926. The number of nitrogens with zero attached hydrogens (tertiary/aromatic N) is 1. The Morgan fingerprint density at radius 3 is 2.25 bits per heavy atom. The van der Waals surface area contributed by atoms with E-state index in [0.29, 0.717) is 17.8 Å². The van der Waals surface area contributed by atoms with Gasteiger partial charge in [-0.1, -0.05) is 13.0 Å². The third kappa shape index (κ3) is 2.82. The lowest BCUT2D eigenvalue weighted by molar-refractivity contribution is 0.436. The second-order valence-electron chi connectivity index (χ2n) is 4.59. The van der Waals surface area contributed by atoms with Gasteiger partial charge in [-0.3, -0.25) is 4.98 Å². The van der Waals surface area contributed by atoms with Crippen LogP contribution in [0.1, 0.15) is 30.1 Å². The summed E-state index contributed by atoms with van der Waals surface area (Å²) in [5.41, 5.74) is 0.530. The highest BCUT2D eigenvalue weighted by molar-refractivity contribution is 5.28. The van der Waals surface area contributed by atoms with Gasteiger partial charge in [-0.2, -0.15) is 0 Å². The first kappa shape index (κ1) is 14.5. The van der Waals surface area contributed by atoms with Gasteiger partial charge in [0, 0.05) is 41.5 Å². The predicted octanol–water partition coefficient (Wildman–Crippen LogP) is 3.56. The van der Waals surface area contributed by atoms with Crippen molar-refractivity contribution in [3.63, 3.8) is 0 Å². The number of nitrogens with one attached hydrogen (secondary N) is 1. The third-order valence-electron chi connectivity index (χ3n) is 3.32. The van der Waals surface area contributed by atoms with Crippen LogP contribution in [0.25, 0.3) is 0 Å². The molecule has 2 atom stereocenters. The number of likely N-dealkylation sites (N-methyl/N-ethyl adjacent to an activating group) is 1. The number of pyridine rings is 1. The first-order valence-corrected chi connectivity index (χ1v) is 6.27. The molecule has 1 heterocycles. The van der Waals surface area contributed by atoms with E-state index in [4.69, 9.17) is 0 Å². The summed E-state index contributed by atoms with van der Waals surface area (Å²) >= 11 is 0. The normalized spacial score (nSPS) is 14.1. The summed E-state index contributed by atoms with van der Waals surface area (Å²) in [7, 11) is 1.60. The second-order valence-corrected chi connectivity index (χ2v) is 4.59. The Bertz CT molecular complexity index is 564. The summed E-state index contributed by atoms with van der Waals surface area (Å²) in [6.45, 7) is 1.81. The molecular weight excluding hydrogens is 265 g/mol. The summed E-state index contributed by atoms with van der Waals surface area (Å²) in [5, 5.41) is 2.88. The van der Waals surface area contributed by atoms with Gasteiger partial charge in [0.05, 0.1) is 0 Å². The van der Waals surface area contributed by atoms with Crippen LogP contribution in [0.3, 0.4) is 0 Å². The van der Waals surface area contributed by atoms with Crippen molar-refractivity contribution in [1.82, 2.24) is 10.3 Å². The molecule has 5 heteroatoms. The molecule has 0 aliphatic heterocycles. The van der Waals surface area contributed by atoms with Gasteiger partial charge in [0.2, 0.25) is 0 Å².